The van der Waals surface area contributed by atoms with E-state index in [0.29, 0.717) is 11.4 Å². The second kappa shape index (κ2) is 6.58. The number of nitrogens with zero attached hydrogens (tertiary/aromatic N) is 1. The molecule has 1 atom stereocenters. The number of carbonyl (C=O) groups is 2. The summed E-state index contributed by atoms with van der Waals surface area (Å²) in [5, 5.41) is 2.69. The number of benzene rings is 1. The summed E-state index contributed by atoms with van der Waals surface area (Å²) in [4.78, 5) is 23.9. The standard InChI is InChI=1S/C15H15BrN2O3/c1-10(21-15(20)13-7-4-8-18(13)2)14(19)17-12-6-3-5-11(16)9-12/h3-10H,1-2H3,(H,17,19)/t10-/m1/s1. The summed E-state index contributed by atoms with van der Waals surface area (Å²) in [5.41, 5.74) is 1.04. The van der Waals surface area contributed by atoms with Crippen LogP contribution in [0.5, 0.6) is 0 Å². The first-order chi connectivity index (χ1) is 9.97. The molecule has 2 aromatic rings. The molecule has 0 fully saturated rings. The number of esters is 1. The van der Waals surface area contributed by atoms with Crippen molar-refractivity contribution in [2.45, 2.75) is 13.0 Å². The van der Waals surface area contributed by atoms with Crippen molar-refractivity contribution < 1.29 is 14.3 Å². The molecule has 5 nitrogen and oxygen atoms in total. The Morgan fingerprint density at radius 3 is 2.67 bits per heavy atom. The number of aryl methyl sites for hydroxylation is 1. The molecule has 0 aliphatic carbocycles. The van der Waals surface area contributed by atoms with Crippen molar-refractivity contribution in [2.75, 3.05) is 5.32 Å². The number of hydrogen-bond acceptors (Lipinski definition) is 3. The number of halogens is 1. The molecule has 1 aromatic heterocycles. The predicted octanol–water partition coefficient (Wildman–Crippen LogP) is 2.97. The van der Waals surface area contributed by atoms with E-state index >= 15 is 0 Å². The van der Waals surface area contributed by atoms with Gasteiger partial charge in [0.2, 0.25) is 0 Å². The molecule has 0 unspecified atom stereocenters. The van der Waals surface area contributed by atoms with Crippen LogP contribution in [0.2, 0.25) is 0 Å². The minimum absolute atomic E-state index is 0.379. The van der Waals surface area contributed by atoms with E-state index in [1.165, 1.54) is 6.92 Å². The van der Waals surface area contributed by atoms with Crippen molar-refractivity contribution in [2.24, 2.45) is 7.05 Å². The minimum Gasteiger partial charge on any atom is -0.448 e. The monoisotopic (exact) mass is 350 g/mol. The maximum absolute atomic E-state index is 12.0. The van der Waals surface area contributed by atoms with Crippen LogP contribution in [-0.2, 0) is 16.6 Å². The maximum atomic E-state index is 12.0. The average Bonchev–Trinajstić information content (AvgIpc) is 2.85. The van der Waals surface area contributed by atoms with Gasteiger partial charge in [0.15, 0.2) is 6.10 Å². The number of ether oxygens (including phenoxy) is 1. The Morgan fingerprint density at radius 1 is 1.29 bits per heavy atom. The van der Waals surface area contributed by atoms with Gasteiger partial charge >= 0.3 is 5.97 Å². The molecule has 1 heterocycles. The van der Waals surface area contributed by atoms with Gasteiger partial charge < -0.3 is 14.6 Å². The van der Waals surface area contributed by atoms with Gasteiger partial charge in [0.1, 0.15) is 5.69 Å². The van der Waals surface area contributed by atoms with Gasteiger partial charge in [-0.05, 0) is 37.3 Å². The van der Waals surface area contributed by atoms with Crippen LogP contribution in [0.1, 0.15) is 17.4 Å². The van der Waals surface area contributed by atoms with E-state index in [9.17, 15) is 9.59 Å². The van der Waals surface area contributed by atoms with E-state index < -0.39 is 12.1 Å². The zero-order valence-corrected chi connectivity index (χ0v) is 13.3. The van der Waals surface area contributed by atoms with Crippen LogP contribution in [0.25, 0.3) is 0 Å². The second-order valence-electron chi connectivity index (χ2n) is 4.55. The fourth-order valence-electron chi connectivity index (χ4n) is 1.76. The zero-order valence-electron chi connectivity index (χ0n) is 11.7. The zero-order chi connectivity index (χ0) is 15.4. The molecule has 0 radical (unpaired) electrons. The normalized spacial score (nSPS) is 11.8. The van der Waals surface area contributed by atoms with Gasteiger partial charge in [0.05, 0.1) is 0 Å². The van der Waals surface area contributed by atoms with E-state index in [1.54, 1.807) is 48.1 Å². The molecule has 1 aromatic carbocycles. The first kappa shape index (κ1) is 15.3. The summed E-state index contributed by atoms with van der Waals surface area (Å²) in [5.74, 6) is -0.907. The van der Waals surface area contributed by atoms with E-state index in [2.05, 4.69) is 21.2 Å². The third kappa shape index (κ3) is 3.95. The molecule has 6 heteroatoms. The van der Waals surface area contributed by atoms with Gasteiger partial charge in [0.25, 0.3) is 5.91 Å². The summed E-state index contributed by atoms with van der Waals surface area (Å²) >= 11 is 3.32. The van der Waals surface area contributed by atoms with Gasteiger partial charge in [-0.3, -0.25) is 4.79 Å². The highest BCUT2D eigenvalue weighted by Crippen LogP contribution is 2.16. The van der Waals surface area contributed by atoms with Crippen molar-refractivity contribution >= 4 is 33.5 Å². The van der Waals surface area contributed by atoms with Gasteiger partial charge in [-0.2, -0.15) is 0 Å². The molecule has 1 N–H and O–H groups in total. The Hall–Kier alpha value is -2.08. The van der Waals surface area contributed by atoms with Crippen molar-refractivity contribution in [1.29, 1.82) is 0 Å². The molecule has 21 heavy (non-hydrogen) atoms. The van der Waals surface area contributed by atoms with Gasteiger partial charge in [-0.1, -0.05) is 22.0 Å². The smallest absolute Gasteiger partial charge is 0.355 e. The van der Waals surface area contributed by atoms with Crippen LogP contribution in [0.4, 0.5) is 5.69 Å². The maximum Gasteiger partial charge on any atom is 0.355 e. The Bertz CT molecular complexity index is 666. The van der Waals surface area contributed by atoms with Crippen LogP contribution in [0, 0.1) is 0 Å². The number of aromatic nitrogens is 1. The molecular weight excluding hydrogens is 336 g/mol. The van der Waals surface area contributed by atoms with E-state index in [4.69, 9.17) is 4.74 Å². The molecule has 0 bridgehead atoms. The van der Waals surface area contributed by atoms with Crippen molar-refractivity contribution in [3.63, 3.8) is 0 Å². The third-order valence-corrected chi connectivity index (χ3v) is 3.39. The van der Waals surface area contributed by atoms with Gasteiger partial charge in [-0.15, -0.1) is 0 Å². The van der Waals surface area contributed by atoms with Crippen molar-refractivity contribution in [1.82, 2.24) is 4.57 Å². The Morgan fingerprint density at radius 2 is 2.05 bits per heavy atom. The number of nitrogens with one attached hydrogen (secondary N) is 1. The highest BCUT2D eigenvalue weighted by molar-refractivity contribution is 9.10. The fourth-order valence-corrected chi connectivity index (χ4v) is 2.16. The highest BCUT2D eigenvalue weighted by atomic mass is 79.9. The summed E-state index contributed by atoms with van der Waals surface area (Å²) in [7, 11) is 1.74. The van der Waals surface area contributed by atoms with Gasteiger partial charge in [0, 0.05) is 23.4 Å². The lowest BCUT2D eigenvalue weighted by molar-refractivity contribution is -0.123. The first-order valence-electron chi connectivity index (χ1n) is 6.36. The summed E-state index contributed by atoms with van der Waals surface area (Å²) in [6.07, 6.45) is 0.856. The van der Waals surface area contributed by atoms with E-state index in [-0.39, 0.29) is 5.91 Å². The summed E-state index contributed by atoms with van der Waals surface area (Å²) < 4.78 is 7.65. The lowest BCUT2D eigenvalue weighted by Gasteiger charge is -2.14. The van der Waals surface area contributed by atoms with Crippen LogP contribution >= 0.6 is 15.9 Å². The highest BCUT2D eigenvalue weighted by Gasteiger charge is 2.20. The minimum atomic E-state index is -0.883. The molecule has 1 amide bonds. The third-order valence-electron chi connectivity index (χ3n) is 2.90. The SMILES string of the molecule is C[C@@H](OC(=O)c1cccn1C)C(=O)Nc1cccc(Br)c1. The van der Waals surface area contributed by atoms with Crippen LogP contribution in [0.3, 0.4) is 0 Å². The van der Waals surface area contributed by atoms with E-state index in [0.717, 1.165) is 4.47 Å². The summed E-state index contributed by atoms with van der Waals surface area (Å²) in [6.45, 7) is 1.54. The second-order valence-corrected chi connectivity index (χ2v) is 5.47. The molecule has 2 rings (SSSR count). The topological polar surface area (TPSA) is 60.3 Å². The number of amides is 1. The van der Waals surface area contributed by atoms with E-state index in [1.807, 2.05) is 6.07 Å². The first-order valence-corrected chi connectivity index (χ1v) is 7.15. The number of rotatable bonds is 4. The molecular formula is C15H15BrN2O3. The Balaban J connectivity index is 1.97. The molecule has 110 valence electrons. The Kier molecular flexibility index (Phi) is 4.80. The molecule has 0 saturated carbocycles. The molecule has 0 spiro atoms. The van der Waals surface area contributed by atoms with Crippen LogP contribution < -0.4 is 5.32 Å². The number of carbonyl (C=O) groups excluding carboxylic acids is 2. The quantitative estimate of drug-likeness (QED) is 0.862. The van der Waals surface area contributed by atoms with Gasteiger partial charge in [-0.25, -0.2) is 4.79 Å². The van der Waals surface area contributed by atoms with Crippen LogP contribution in [0.15, 0.2) is 47.1 Å². The van der Waals surface area contributed by atoms with Crippen LogP contribution in [-0.4, -0.2) is 22.5 Å². The molecule has 0 aliphatic rings. The lowest BCUT2D eigenvalue weighted by atomic mass is 10.3. The largest absolute Gasteiger partial charge is 0.448 e. The number of hydrogen-bond donors (Lipinski definition) is 1. The van der Waals surface area contributed by atoms with Crippen molar-refractivity contribution in [3.8, 4) is 0 Å². The fraction of sp³-hybridized carbons (Fsp3) is 0.200. The molecule has 0 aliphatic heterocycles. The average molecular weight is 351 g/mol. The summed E-state index contributed by atoms with van der Waals surface area (Å²) in [6, 6.07) is 10.6. The van der Waals surface area contributed by atoms with Crippen molar-refractivity contribution in [3.05, 3.63) is 52.8 Å². The number of anilines is 1. The predicted molar refractivity (Wildman–Crippen MR) is 83.1 cm³/mol. The lowest BCUT2D eigenvalue weighted by Crippen LogP contribution is -2.30. The molecule has 0 saturated heterocycles. The Labute approximate surface area is 131 Å².